The highest BCUT2D eigenvalue weighted by atomic mass is 35.5. The fourth-order valence-electron chi connectivity index (χ4n) is 1.07. The second-order valence-corrected chi connectivity index (χ2v) is 2.80. The SMILES string of the molecule is OC1C[C@H](O)C[C@@H](CCl)O1. The first kappa shape index (κ1) is 8.27. The molecule has 1 rings (SSSR count). The molecule has 0 radical (unpaired) electrons. The predicted octanol–water partition coefficient (Wildman–Crippen LogP) is 0.0835. The van der Waals surface area contributed by atoms with Gasteiger partial charge in [-0.3, -0.25) is 0 Å². The highest BCUT2D eigenvalue weighted by molar-refractivity contribution is 6.18. The molecule has 1 fully saturated rings. The van der Waals surface area contributed by atoms with E-state index in [4.69, 9.17) is 26.6 Å². The van der Waals surface area contributed by atoms with Crippen LogP contribution in [0.1, 0.15) is 12.8 Å². The highest BCUT2D eigenvalue weighted by Gasteiger charge is 2.25. The molecular formula is C6H11ClO3. The Labute approximate surface area is 64.6 Å². The molecule has 0 bridgehead atoms. The van der Waals surface area contributed by atoms with E-state index in [1.165, 1.54) is 0 Å². The molecule has 0 spiro atoms. The van der Waals surface area contributed by atoms with Crippen LogP contribution in [-0.4, -0.2) is 34.6 Å². The van der Waals surface area contributed by atoms with E-state index in [2.05, 4.69) is 0 Å². The lowest BCUT2D eigenvalue weighted by Gasteiger charge is -2.28. The summed E-state index contributed by atoms with van der Waals surface area (Å²) in [7, 11) is 0. The van der Waals surface area contributed by atoms with Gasteiger partial charge in [0.15, 0.2) is 6.29 Å². The summed E-state index contributed by atoms with van der Waals surface area (Å²) in [6.07, 6.45) is -0.672. The van der Waals surface area contributed by atoms with Crippen LogP contribution in [0.2, 0.25) is 0 Å². The van der Waals surface area contributed by atoms with Gasteiger partial charge in [-0.15, -0.1) is 11.6 Å². The summed E-state index contributed by atoms with van der Waals surface area (Å²) >= 11 is 5.46. The average Bonchev–Trinajstić information content (AvgIpc) is 1.85. The molecule has 3 atom stereocenters. The molecule has 0 aliphatic carbocycles. The lowest BCUT2D eigenvalue weighted by molar-refractivity contribution is -0.182. The average molecular weight is 167 g/mol. The molecular weight excluding hydrogens is 156 g/mol. The molecule has 3 nitrogen and oxygen atoms in total. The first-order valence-corrected chi connectivity index (χ1v) is 3.83. The van der Waals surface area contributed by atoms with E-state index in [0.717, 1.165) is 0 Å². The number of ether oxygens (including phenoxy) is 1. The van der Waals surface area contributed by atoms with Crippen LogP contribution in [0.5, 0.6) is 0 Å². The summed E-state index contributed by atoms with van der Waals surface area (Å²) in [5.41, 5.74) is 0. The van der Waals surface area contributed by atoms with Gasteiger partial charge in [-0.25, -0.2) is 0 Å². The van der Waals surface area contributed by atoms with E-state index in [-0.39, 0.29) is 6.10 Å². The van der Waals surface area contributed by atoms with E-state index >= 15 is 0 Å². The zero-order valence-electron chi connectivity index (χ0n) is 5.53. The number of aliphatic hydroxyl groups excluding tert-OH is 2. The zero-order chi connectivity index (χ0) is 7.56. The summed E-state index contributed by atoms with van der Waals surface area (Å²) in [5, 5.41) is 18.0. The quantitative estimate of drug-likeness (QED) is 0.543. The van der Waals surface area contributed by atoms with E-state index < -0.39 is 12.4 Å². The van der Waals surface area contributed by atoms with Gasteiger partial charge in [-0.1, -0.05) is 0 Å². The predicted molar refractivity (Wildman–Crippen MR) is 36.8 cm³/mol. The largest absolute Gasteiger partial charge is 0.393 e. The normalized spacial score (nSPS) is 41.7. The molecule has 1 aliphatic rings. The van der Waals surface area contributed by atoms with Crippen molar-refractivity contribution in [1.82, 2.24) is 0 Å². The van der Waals surface area contributed by atoms with Crippen molar-refractivity contribution < 1.29 is 14.9 Å². The van der Waals surface area contributed by atoms with Crippen LogP contribution in [0.15, 0.2) is 0 Å². The molecule has 1 unspecified atom stereocenters. The first-order valence-electron chi connectivity index (χ1n) is 3.30. The van der Waals surface area contributed by atoms with Gasteiger partial charge < -0.3 is 14.9 Å². The Balaban J connectivity index is 2.35. The maximum absolute atomic E-state index is 9.08. The molecule has 0 aromatic rings. The minimum atomic E-state index is -0.840. The van der Waals surface area contributed by atoms with E-state index in [1.54, 1.807) is 0 Å². The van der Waals surface area contributed by atoms with E-state index in [0.29, 0.717) is 18.7 Å². The van der Waals surface area contributed by atoms with Gasteiger partial charge in [0.1, 0.15) is 0 Å². The summed E-state index contributed by atoms with van der Waals surface area (Å²) in [4.78, 5) is 0. The number of aliphatic hydroxyl groups is 2. The smallest absolute Gasteiger partial charge is 0.157 e. The lowest BCUT2D eigenvalue weighted by Crippen LogP contribution is -2.36. The summed E-state index contributed by atoms with van der Waals surface area (Å²) in [6.45, 7) is 0. The van der Waals surface area contributed by atoms with Crippen molar-refractivity contribution in [1.29, 1.82) is 0 Å². The maximum Gasteiger partial charge on any atom is 0.157 e. The van der Waals surface area contributed by atoms with E-state index in [1.807, 2.05) is 0 Å². The second-order valence-electron chi connectivity index (χ2n) is 2.49. The van der Waals surface area contributed by atoms with Gasteiger partial charge in [0.2, 0.25) is 0 Å². The van der Waals surface area contributed by atoms with E-state index in [9.17, 15) is 0 Å². The van der Waals surface area contributed by atoms with Crippen molar-refractivity contribution in [2.45, 2.75) is 31.3 Å². The van der Waals surface area contributed by atoms with Gasteiger partial charge in [-0.2, -0.15) is 0 Å². The molecule has 1 aliphatic heterocycles. The second kappa shape index (κ2) is 3.53. The van der Waals surface area contributed by atoms with Crippen molar-refractivity contribution in [3.63, 3.8) is 0 Å². The number of rotatable bonds is 1. The molecule has 1 saturated heterocycles. The van der Waals surface area contributed by atoms with Gasteiger partial charge >= 0.3 is 0 Å². The van der Waals surface area contributed by atoms with Crippen LogP contribution in [-0.2, 0) is 4.74 Å². The minimum Gasteiger partial charge on any atom is -0.393 e. The molecule has 0 amide bonds. The van der Waals surface area contributed by atoms with Gasteiger partial charge in [0, 0.05) is 18.7 Å². The Morgan fingerprint density at radius 3 is 2.60 bits per heavy atom. The molecule has 4 heteroatoms. The topological polar surface area (TPSA) is 49.7 Å². The van der Waals surface area contributed by atoms with Crippen LogP contribution in [0.4, 0.5) is 0 Å². The Kier molecular flexibility index (Phi) is 2.92. The Morgan fingerprint density at radius 1 is 1.40 bits per heavy atom. The van der Waals surface area contributed by atoms with Crippen molar-refractivity contribution in [3.05, 3.63) is 0 Å². The summed E-state index contributed by atoms with van der Waals surface area (Å²) in [5.74, 6) is 0.328. The van der Waals surface area contributed by atoms with Crippen LogP contribution in [0.25, 0.3) is 0 Å². The number of halogens is 1. The van der Waals surface area contributed by atoms with Crippen LogP contribution >= 0.6 is 11.6 Å². The monoisotopic (exact) mass is 166 g/mol. The molecule has 2 N–H and O–H groups in total. The van der Waals surface area contributed by atoms with Crippen LogP contribution < -0.4 is 0 Å². The van der Waals surface area contributed by atoms with Crippen molar-refractivity contribution >= 4 is 11.6 Å². The zero-order valence-corrected chi connectivity index (χ0v) is 6.29. The van der Waals surface area contributed by atoms with Crippen LogP contribution in [0, 0.1) is 0 Å². The summed E-state index contributed by atoms with van der Waals surface area (Å²) < 4.78 is 4.97. The number of hydrogen-bond donors (Lipinski definition) is 2. The van der Waals surface area contributed by atoms with Gasteiger partial charge in [-0.05, 0) is 0 Å². The Bertz CT molecular complexity index is 99.2. The molecule has 0 saturated carbocycles. The molecule has 60 valence electrons. The lowest BCUT2D eigenvalue weighted by atomic mass is 10.1. The summed E-state index contributed by atoms with van der Waals surface area (Å²) in [6, 6.07) is 0. The molecule has 0 aromatic carbocycles. The maximum atomic E-state index is 9.08. The highest BCUT2D eigenvalue weighted by Crippen LogP contribution is 2.18. The van der Waals surface area contributed by atoms with Gasteiger partial charge in [0.25, 0.3) is 0 Å². The van der Waals surface area contributed by atoms with Crippen molar-refractivity contribution in [3.8, 4) is 0 Å². The van der Waals surface area contributed by atoms with Crippen LogP contribution in [0.3, 0.4) is 0 Å². The standard InChI is InChI=1S/C6H11ClO3/c7-3-5-1-4(8)2-6(9)10-5/h4-6,8-9H,1-3H2/t4-,5+,6?/m1/s1. The fourth-order valence-corrected chi connectivity index (χ4v) is 1.26. The van der Waals surface area contributed by atoms with Crippen molar-refractivity contribution in [2.24, 2.45) is 0 Å². The Morgan fingerprint density at radius 2 is 2.10 bits per heavy atom. The molecule has 1 heterocycles. The third-order valence-electron chi connectivity index (χ3n) is 1.53. The number of hydrogen-bond acceptors (Lipinski definition) is 3. The fraction of sp³-hybridized carbons (Fsp3) is 1.00. The number of alkyl halides is 1. The van der Waals surface area contributed by atoms with Gasteiger partial charge in [0.05, 0.1) is 12.2 Å². The molecule has 0 aromatic heterocycles. The first-order chi connectivity index (χ1) is 4.72. The van der Waals surface area contributed by atoms with Crippen molar-refractivity contribution in [2.75, 3.05) is 5.88 Å². The third-order valence-corrected chi connectivity index (χ3v) is 1.87. The minimum absolute atomic E-state index is 0.194. The Hall–Kier alpha value is 0.170. The molecule has 10 heavy (non-hydrogen) atoms. The third kappa shape index (κ3) is 2.09.